The molecule has 0 amide bonds. The molecule has 0 aliphatic carbocycles. The van der Waals surface area contributed by atoms with Crippen molar-refractivity contribution in [1.82, 2.24) is 9.97 Å². The van der Waals surface area contributed by atoms with Gasteiger partial charge in [-0.05, 0) is 44.2 Å². The molecule has 0 aliphatic heterocycles. The molecule has 5 heteroatoms. The van der Waals surface area contributed by atoms with E-state index in [0.717, 1.165) is 33.7 Å². The zero-order valence-corrected chi connectivity index (χ0v) is 11.9. The van der Waals surface area contributed by atoms with Gasteiger partial charge in [0.2, 0.25) is 0 Å². The van der Waals surface area contributed by atoms with E-state index in [0.29, 0.717) is 6.61 Å². The van der Waals surface area contributed by atoms with Crippen LogP contribution in [0.15, 0.2) is 35.5 Å². The first-order valence-corrected chi connectivity index (χ1v) is 7.05. The average Bonchev–Trinajstić information content (AvgIpc) is 2.36. The van der Waals surface area contributed by atoms with Crippen molar-refractivity contribution < 1.29 is 4.74 Å². The van der Waals surface area contributed by atoms with Crippen LogP contribution < -0.4 is 10.5 Å². The van der Waals surface area contributed by atoms with Crippen LogP contribution in [0.5, 0.6) is 5.75 Å². The van der Waals surface area contributed by atoms with E-state index in [4.69, 9.17) is 10.5 Å². The van der Waals surface area contributed by atoms with E-state index >= 15 is 0 Å². The standard InChI is InChI=1S/C14H17N3OS/c1-10-9-11(2)17-14(16-10)19-8-7-18-13-5-3-12(15)4-6-13/h3-6,9H,7-8,15H2,1-2H3. The maximum absolute atomic E-state index is 5.61. The minimum absolute atomic E-state index is 0.616. The predicted octanol–water partition coefficient (Wildman–Crippen LogP) is 2.85. The Morgan fingerprint density at radius 3 is 2.37 bits per heavy atom. The van der Waals surface area contributed by atoms with Gasteiger partial charge >= 0.3 is 0 Å². The number of benzene rings is 1. The Balaban J connectivity index is 1.79. The highest BCUT2D eigenvalue weighted by molar-refractivity contribution is 7.99. The number of hydrogen-bond donors (Lipinski definition) is 1. The van der Waals surface area contributed by atoms with Crippen molar-refractivity contribution in [1.29, 1.82) is 0 Å². The monoisotopic (exact) mass is 275 g/mol. The number of rotatable bonds is 5. The van der Waals surface area contributed by atoms with Crippen LogP contribution in [0.2, 0.25) is 0 Å². The van der Waals surface area contributed by atoms with Gasteiger partial charge in [0, 0.05) is 22.8 Å². The number of thioether (sulfide) groups is 1. The summed E-state index contributed by atoms with van der Waals surface area (Å²) >= 11 is 1.60. The Kier molecular flexibility index (Phi) is 4.63. The average molecular weight is 275 g/mol. The van der Waals surface area contributed by atoms with Gasteiger partial charge in [0.1, 0.15) is 5.75 Å². The fraction of sp³-hybridized carbons (Fsp3) is 0.286. The first-order chi connectivity index (χ1) is 9.13. The molecule has 4 nitrogen and oxygen atoms in total. The number of nitrogens with two attached hydrogens (primary N) is 1. The molecule has 1 aromatic carbocycles. The van der Waals surface area contributed by atoms with E-state index < -0.39 is 0 Å². The molecule has 2 N–H and O–H groups in total. The molecule has 1 heterocycles. The maximum atomic E-state index is 5.61. The Hall–Kier alpha value is -1.75. The van der Waals surface area contributed by atoms with Crippen molar-refractivity contribution >= 4 is 17.4 Å². The summed E-state index contributed by atoms with van der Waals surface area (Å²) < 4.78 is 5.61. The summed E-state index contributed by atoms with van der Waals surface area (Å²) in [5.41, 5.74) is 8.34. The molecule has 2 rings (SSSR count). The normalized spacial score (nSPS) is 10.4. The van der Waals surface area contributed by atoms with Gasteiger partial charge in [-0.2, -0.15) is 0 Å². The molecule has 2 aromatic rings. The highest BCUT2D eigenvalue weighted by Gasteiger charge is 2.01. The number of ether oxygens (including phenoxy) is 1. The van der Waals surface area contributed by atoms with Gasteiger partial charge in [-0.3, -0.25) is 0 Å². The quantitative estimate of drug-likeness (QED) is 0.393. The lowest BCUT2D eigenvalue weighted by molar-refractivity contribution is 0.344. The number of aryl methyl sites for hydroxylation is 2. The lowest BCUT2D eigenvalue weighted by atomic mass is 10.3. The molecule has 1 aromatic heterocycles. The smallest absolute Gasteiger partial charge is 0.188 e. The SMILES string of the molecule is Cc1cc(C)nc(SCCOc2ccc(N)cc2)n1. The Labute approximate surface area is 117 Å². The van der Waals surface area contributed by atoms with Crippen molar-refractivity contribution in [3.05, 3.63) is 41.7 Å². The van der Waals surface area contributed by atoms with E-state index in [2.05, 4.69) is 9.97 Å². The summed E-state index contributed by atoms with van der Waals surface area (Å²) in [4.78, 5) is 8.74. The summed E-state index contributed by atoms with van der Waals surface area (Å²) in [6.07, 6.45) is 0. The van der Waals surface area contributed by atoms with Crippen LogP contribution in [0, 0.1) is 13.8 Å². The third-order valence-electron chi connectivity index (χ3n) is 2.43. The van der Waals surface area contributed by atoms with Crippen molar-refractivity contribution in [2.45, 2.75) is 19.0 Å². The second-order valence-electron chi connectivity index (χ2n) is 4.20. The number of nitrogens with zero attached hydrogens (tertiary/aromatic N) is 2. The van der Waals surface area contributed by atoms with Crippen molar-refractivity contribution in [2.75, 3.05) is 18.1 Å². The lowest BCUT2D eigenvalue weighted by Crippen LogP contribution is -2.02. The van der Waals surface area contributed by atoms with E-state index in [1.165, 1.54) is 0 Å². The van der Waals surface area contributed by atoms with Gasteiger partial charge in [-0.25, -0.2) is 9.97 Å². The van der Waals surface area contributed by atoms with E-state index in [-0.39, 0.29) is 0 Å². The molecule has 0 unspecified atom stereocenters. The minimum Gasteiger partial charge on any atom is -0.493 e. The topological polar surface area (TPSA) is 61.0 Å². The molecule has 0 spiro atoms. The molecule has 100 valence electrons. The molecule has 0 aliphatic rings. The molecule has 0 saturated carbocycles. The Bertz CT molecular complexity index is 523. The van der Waals surface area contributed by atoms with E-state index in [1.54, 1.807) is 11.8 Å². The minimum atomic E-state index is 0.616. The zero-order chi connectivity index (χ0) is 13.7. The molecule has 0 radical (unpaired) electrons. The fourth-order valence-corrected chi connectivity index (χ4v) is 2.38. The highest BCUT2D eigenvalue weighted by atomic mass is 32.2. The van der Waals surface area contributed by atoms with E-state index in [9.17, 15) is 0 Å². The molecular formula is C14H17N3OS. The highest BCUT2D eigenvalue weighted by Crippen LogP contribution is 2.16. The molecule has 0 bridgehead atoms. The van der Waals surface area contributed by atoms with Crippen LogP contribution in [0.25, 0.3) is 0 Å². The van der Waals surface area contributed by atoms with Gasteiger partial charge in [-0.15, -0.1) is 0 Å². The Morgan fingerprint density at radius 1 is 1.11 bits per heavy atom. The summed E-state index contributed by atoms with van der Waals surface area (Å²) in [7, 11) is 0. The van der Waals surface area contributed by atoms with Gasteiger partial charge in [0.15, 0.2) is 5.16 Å². The van der Waals surface area contributed by atoms with Crippen molar-refractivity contribution in [2.24, 2.45) is 0 Å². The number of aromatic nitrogens is 2. The summed E-state index contributed by atoms with van der Waals surface area (Å²) in [6.45, 7) is 4.57. The van der Waals surface area contributed by atoms with Crippen LogP contribution in [-0.2, 0) is 0 Å². The van der Waals surface area contributed by atoms with Gasteiger partial charge < -0.3 is 10.5 Å². The third-order valence-corrected chi connectivity index (χ3v) is 3.24. The number of hydrogen-bond acceptors (Lipinski definition) is 5. The van der Waals surface area contributed by atoms with Gasteiger partial charge in [0.25, 0.3) is 0 Å². The molecule has 0 atom stereocenters. The second-order valence-corrected chi connectivity index (χ2v) is 5.26. The second kappa shape index (κ2) is 6.43. The number of nitrogen functional groups attached to an aromatic ring is 1. The summed E-state index contributed by atoms with van der Waals surface area (Å²) in [6, 6.07) is 9.36. The molecular weight excluding hydrogens is 258 g/mol. The summed E-state index contributed by atoms with van der Waals surface area (Å²) in [5.74, 6) is 1.64. The molecule has 0 fully saturated rings. The Morgan fingerprint density at radius 2 is 1.74 bits per heavy atom. The summed E-state index contributed by atoms with van der Waals surface area (Å²) in [5, 5.41) is 0.804. The van der Waals surface area contributed by atoms with E-state index in [1.807, 2.05) is 44.2 Å². The van der Waals surface area contributed by atoms with Crippen LogP contribution >= 0.6 is 11.8 Å². The first-order valence-electron chi connectivity index (χ1n) is 6.07. The molecule has 19 heavy (non-hydrogen) atoms. The van der Waals surface area contributed by atoms with Gasteiger partial charge in [0.05, 0.1) is 6.61 Å². The fourth-order valence-electron chi connectivity index (χ4n) is 1.61. The van der Waals surface area contributed by atoms with Crippen LogP contribution in [0.3, 0.4) is 0 Å². The third kappa shape index (κ3) is 4.44. The zero-order valence-electron chi connectivity index (χ0n) is 11.1. The first kappa shape index (κ1) is 13.7. The van der Waals surface area contributed by atoms with Crippen LogP contribution in [0.1, 0.15) is 11.4 Å². The number of anilines is 1. The largest absolute Gasteiger partial charge is 0.493 e. The maximum Gasteiger partial charge on any atom is 0.188 e. The molecule has 0 saturated heterocycles. The van der Waals surface area contributed by atoms with Gasteiger partial charge in [-0.1, -0.05) is 11.8 Å². The van der Waals surface area contributed by atoms with Crippen molar-refractivity contribution in [3.63, 3.8) is 0 Å². The predicted molar refractivity (Wildman–Crippen MR) is 78.6 cm³/mol. The lowest BCUT2D eigenvalue weighted by Gasteiger charge is -2.06. The van der Waals surface area contributed by atoms with Crippen molar-refractivity contribution in [3.8, 4) is 5.75 Å². The van der Waals surface area contributed by atoms with Crippen LogP contribution in [-0.4, -0.2) is 22.3 Å². The van der Waals surface area contributed by atoms with Crippen LogP contribution in [0.4, 0.5) is 5.69 Å².